The summed E-state index contributed by atoms with van der Waals surface area (Å²) in [7, 11) is 2.04. The van der Waals surface area contributed by atoms with Crippen LogP contribution in [0.25, 0.3) is 0 Å². The van der Waals surface area contributed by atoms with Crippen LogP contribution >= 0.6 is 11.8 Å². The molecule has 0 radical (unpaired) electrons. The molecular weight excluding hydrogens is 452 g/mol. The molecule has 3 heterocycles. The van der Waals surface area contributed by atoms with Gasteiger partial charge in [0.25, 0.3) is 0 Å². The molecule has 0 aromatic carbocycles. The highest BCUT2D eigenvalue weighted by molar-refractivity contribution is 8.02. The van der Waals surface area contributed by atoms with Gasteiger partial charge in [0.05, 0.1) is 29.9 Å². The minimum absolute atomic E-state index is 0.0190. The number of aliphatic hydroxyl groups is 2. The van der Waals surface area contributed by atoms with E-state index in [0.29, 0.717) is 12.5 Å². The molecule has 0 aliphatic carbocycles. The minimum atomic E-state index is -1.19. The van der Waals surface area contributed by atoms with Crippen molar-refractivity contribution in [3.63, 3.8) is 0 Å². The summed E-state index contributed by atoms with van der Waals surface area (Å²) in [4.78, 5) is 28.2. The molecule has 34 heavy (non-hydrogen) atoms. The number of cyclic esters (lactones) is 1. The van der Waals surface area contributed by atoms with Crippen LogP contribution in [0.15, 0.2) is 22.8 Å². The number of thioether (sulfide) groups is 1. The molecule has 8 heteroatoms. The lowest BCUT2D eigenvalue weighted by Gasteiger charge is -2.34. The number of carbonyl (C=O) groups is 2. The van der Waals surface area contributed by atoms with Crippen molar-refractivity contribution in [2.24, 2.45) is 17.3 Å². The molecule has 0 aromatic heterocycles. The van der Waals surface area contributed by atoms with E-state index in [4.69, 9.17) is 4.74 Å². The Morgan fingerprint density at radius 3 is 2.59 bits per heavy atom. The van der Waals surface area contributed by atoms with Gasteiger partial charge in [-0.3, -0.25) is 9.59 Å². The highest BCUT2D eigenvalue weighted by Crippen LogP contribution is 2.34. The number of aliphatic hydroxyl groups excluding tert-OH is 2. The maximum absolute atomic E-state index is 13.2. The summed E-state index contributed by atoms with van der Waals surface area (Å²) in [6.07, 6.45) is 2.90. The third kappa shape index (κ3) is 6.45. The summed E-state index contributed by atoms with van der Waals surface area (Å²) in [5, 5.41) is 27.3. The Kier molecular flexibility index (Phi) is 8.93. The normalized spacial score (nSPS) is 38.2. The van der Waals surface area contributed by atoms with Crippen LogP contribution in [0.5, 0.6) is 0 Å². The Bertz CT molecular complexity index is 826. The number of nitrogens with zero attached hydrogens (tertiary/aromatic N) is 1. The lowest BCUT2D eigenvalue weighted by atomic mass is 9.73. The van der Waals surface area contributed by atoms with Crippen LogP contribution in [0.1, 0.15) is 66.7 Å². The van der Waals surface area contributed by atoms with E-state index in [-0.39, 0.29) is 24.2 Å². The number of hydrogen-bond donors (Lipinski definition) is 3. The largest absolute Gasteiger partial charge is 0.458 e. The molecule has 0 aromatic rings. The van der Waals surface area contributed by atoms with Gasteiger partial charge in [-0.1, -0.05) is 34.1 Å². The van der Waals surface area contributed by atoms with Crippen LogP contribution in [0, 0.1) is 17.3 Å². The van der Waals surface area contributed by atoms with Crippen LogP contribution in [0.2, 0.25) is 0 Å². The topological polar surface area (TPSA) is 109 Å². The highest BCUT2D eigenvalue weighted by Gasteiger charge is 2.43. The zero-order valence-electron chi connectivity index (χ0n) is 21.4. The number of rotatable bonds is 2. The Labute approximate surface area is 208 Å². The Morgan fingerprint density at radius 2 is 1.94 bits per heavy atom. The first kappa shape index (κ1) is 27.2. The van der Waals surface area contributed by atoms with E-state index >= 15 is 0 Å². The third-order valence-electron chi connectivity index (χ3n) is 7.85. The lowest BCUT2D eigenvalue weighted by molar-refractivity contribution is -0.154. The predicted octanol–water partition coefficient (Wildman–Crippen LogP) is 3.22. The Morgan fingerprint density at radius 1 is 1.24 bits per heavy atom. The smallest absolute Gasteiger partial charge is 0.309 e. The third-order valence-corrected chi connectivity index (χ3v) is 8.80. The molecule has 0 bridgehead atoms. The van der Waals surface area contributed by atoms with Gasteiger partial charge >= 0.3 is 5.97 Å². The van der Waals surface area contributed by atoms with Gasteiger partial charge in [0.15, 0.2) is 0 Å². The number of Topliss-reactive ketones (excluding diaryl/α,β-unsaturated/α-hetero) is 1. The fourth-order valence-electron chi connectivity index (χ4n) is 5.01. The minimum Gasteiger partial charge on any atom is -0.458 e. The average Bonchev–Trinajstić information content (AvgIpc) is 3.39. The molecule has 7 nitrogen and oxygen atoms in total. The maximum Gasteiger partial charge on any atom is 0.309 e. The number of ketones is 1. The second kappa shape index (κ2) is 11.1. The Hall–Kier alpha value is -1.35. The molecule has 0 saturated carbocycles. The monoisotopic (exact) mass is 494 g/mol. The van der Waals surface area contributed by atoms with Crippen molar-refractivity contribution in [3.05, 3.63) is 22.8 Å². The summed E-state index contributed by atoms with van der Waals surface area (Å²) in [5.41, 5.74) is 0.894. The van der Waals surface area contributed by atoms with E-state index in [9.17, 15) is 19.8 Å². The predicted molar refractivity (Wildman–Crippen MR) is 135 cm³/mol. The number of fused-ring (bicyclic) bond motifs is 1. The highest BCUT2D eigenvalue weighted by atomic mass is 32.2. The first-order valence-electron chi connectivity index (χ1n) is 12.5. The molecule has 2 fully saturated rings. The van der Waals surface area contributed by atoms with E-state index in [2.05, 4.69) is 21.7 Å². The zero-order valence-corrected chi connectivity index (χ0v) is 22.2. The van der Waals surface area contributed by atoms with Crippen LogP contribution in [-0.4, -0.2) is 70.2 Å². The van der Waals surface area contributed by atoms with Crippen LogP contribution in [-0.2, 0) is 14.3 Å². The van der Waals surface area contributed by atoms with Gasteiger partial charge in [0, 0.05) is 37.2 Å². The van der Waals surface area contributed by atoms with Crippen molar-refractivity contribution >= 4 is 23.5 Å². The van der Waals surface area contributed by atoms with E-state index in [1.807, 2.05) is 20.9 Å². The summed E-state index contributed by atoms with van der Waals surface area (Å²) in [6, 6.07) is 0.652. The fourth-order valence-corrected chi connectivity index (χ4v) is 5.88. The van der Waals surface area contributed by atoms with Crippen LogP contribution in [0.3, 0.4) is 0 Å². The number of esters is 1. The van der Waals surface area contributed by atoms with Crippen LogP contribution in [0.4, 0.5) is 0 Å². The summed E-state index contributed by atoms with van der Waals surface area (Å²) >= 11 is 1.73. The van der Waals surface area contributed by atoms with E-state index in [1.54, 1.807) is 32.5 Å². The molecular formula is C26H42N2O5S. The number of likely N-dealkylation sites (N-methyl/N-ethyl adjacent to an activating group) is 1. The number of carbonyl (C=O) groups excluding carboxylic acids is 2. The van der Waals surface area contributed by atoms with E-state index < -0.39 is 35.6 Å². The lowest BCUT2D eigenvalue weighted by Crippen LogP contribution is -2.45. The molecule has 192 valence electrons. The second-order valence-corrected chi connectivity index (χ2v) is 11.8. The van der Waals surface area contributed by atoms with Gasteiger partial charge in [-0.05, 0) is 42.7 Å². The summed E-state index contributed by atoms with van der Waals surface area (Å²) in [5.74, 6) is -0.488. The number of ether oxygens (including phenoxy) is 1. The maximum atomic E-state index is 13.2. The Balaban J connectivity index is 1.80. The van der Waals surface area contributed by atoms with E-state index in [1.165, 1.54) is 0 Å². The van der Waals surface area contributed by atoms with Crippen molar-refractivity contribution in [2.45, 2.75) is 97.1 Å². The summed E-state index contributed by atoms with van der Waals surface area (Å²) in [6.45, 7) is 8.97. The van der Waals surface area contributed by atoms with Gasteiger partial charge in [0.2, 0.25) is 0 Å². The van der Waals surface area contributed by atoms with E-state index in [0.717, 1.165) is 36.4 Å². The van der Waals surface area contributed by atoms with Gasteiger partial charge < -0.3 is 25.2 Å². The fraction of sp³-hybridized carbons (Fsp3) is 0.769. The summed E-state index contributed by atoms with van der Waals surface area (Å²) < 4.78 is 5.90. The van der Waals surface area contributed by atoms with Gasteiger partial charge in [-0.2, -0.15) is 0 Å². The van der Waals surface area contributed by atoms with Crippen molar-refractivity contribution < 1.29 is 24.5 Å². The quantitative estimate of drug-likeness (QED) is 0.397. The SMILES string of the molecule is CC(=CC1=CSCN1C)[C@@H]1C[C@@H]2N[C@@H]2CCC[C@H](C)[C@H](O)[C@@H](C)C(=O)C(C)(C)[C@@H](O)CC(=O)O1. The number of allylic oxidation sites excluding steroid dienone is 1. The molecule has 2 saturated heterocycles. The molecule has 7 atom stereocenters. The van der Waals surface area contributed by atoms with Gasteiger partial charge in [0.1, 0.15) is 11.9 Å². The number of nitrogens with one attached hydrogen (secondary N) is 1. The standard InChI is InChI=1S/C26H42N2O5S/c1-15-8-7-9-19-20(27-19)11-21(16(2)10-18-13-34-14-28(18)6)33-23(30)12-22(29)26(4,5)25(32)17(3)24(15)31/h10,13,15,17,19-22,24,27,29,31H,7-9,11-12,14H2,1-6H3/t15-,17+,19+,20-,21-,22-,24-/m0/s1. The van der Waals surface area contributed by atoms with Crippen molar-refractivity contribution in [1.82, 2.24) is 10.2 Å². The first-order valence-corrected chi connectivity index (χ1v) is 13.5. The zero-order chi connectivity index (χ0) is 25.2. The van der Waals surface area contributed by atoms with Crippen LogP contribution < -0.4 is 5.32 Å². The van der Waals surface area contributed by atoms with Gasteiger partial charge in [-0.15, -0.1) is 11.8 Å². The second-order valence-electron chi connectivity index (χ2n) is 11.0. The molecule has 0 unspecified atom stereocenters. The molecule has 3 aliphatic rings. The van der Waals surface area contributed by atoms with Crippen molar-refractivity contribution in [3.8, 4) is 0 Å². The molecule has 3 rings (SSSR count). The first-order chi connectivity index (χ1) is 15.9. The van der Waals surface area contributed by atoms with Gasteiger partial charge in [-0.25, -0.2) is 0 Å². The number of hydrogen-bond acceptors (Lipinski definition) is 8. The molecule has 0 amide bonds. The van der Waals surface area contributed by atoms with Crippen molar-refractivity contribution in [1.29, 1.82) is 0 Å². The molecule has 0 spiro atoms. The average molecular weight is 495 g/mol. The molecule has 3 N–H and O–H groups in total. The molecule has 3 aliphatic heterocycles. The van der Waals surface area contributed by atoms with Crippen molar-refractivity contribution in [2.75, 3.05) is 12.9 Å².